The lowest BCUT2D eigenvalue weighted by Crippen LogP contribution is -2.39. The molecule has 7 heteroatoms. The van der Waals surface area contributed by atoms with Crippen LogP contribution < -0.4 is 10.6 Å². The van der Waals surface area contributed by atoms with Crippen LogP contribution in [0.2, 0.25) is 0 Å². The number of nitrogens with one attached hydrogen (secondary N) is 2. The average molecular weight is 274 g/mol. The lowest BCUT2D eigenvalue weighted by atomic mass is 10.0. The third kappa shape index (κ3) is 2.87. The number of likely N-dealkylation sites (N-methyl/N-ethyl adjacent to an activating group) is 1. The average Bonchev–Trinajstić information content (AvgIpc) is 2.84. The molecule has 0 radical (unpaired) electrons. The van der Waals surface area contributed by atoms with Gasteiger partial charge in [0.2, 0.25) is 5.91 Å². The van der Waals surface area contributed by atoms with Crippen molar-refractivity contribution in [3.8, 4) is 0 Å². The summed E-state index contributed by atoms with van der Waals surface area (Å²) in [6.07, 6.45) is 0. The Morgan fingerprint density at radius 3 is 2.58 bits per heavy atom. The van der Waals surface area contributed by atoms with E-state index in [4.69, 9.17) is 4.74 Å². The van der Waals surface area contributed by atoms with Crippen LogP contribution in [-0.4, -0.2) is 32.2 Å². The van der Waals surface area contributed by atoms with E-state index in [9.17, 15) is 18.0 Å². The molecular weight excluding hydrogens is 261 g/mol. The third-order valence-electron chi connectivity index (χ3n) is 3.06. The van der Waals surface area contributed by atoms with E-state index in [0.717, 1.165) is 0 Å². The van der Waals surface area contributed by atoms with E-state index < -0.39 is 29.3 Å². The van der Waals surface area contributed by atoms with Gasteiger partial charge >= 0.3 is 0 Å². The molecule has 0 aromatic heterocycles. The molecule has 19 heavy (non-hydrogen) atoms. The molecular formula is C12H13F3N2O2. The number of halogens is 3. The topological polar surface area (TPSA) is 50.4 Å². The Labute approximate surface area is 107 Å². The van der Waals surface area contributed by atoms with Crippen LogP contribution in [0.5, 0.6) is 0 Å². The second-order valence-corrected chi connectivity index (χ2v) is 4.27. The van der Waals surface area contributed by atoms with Gasteiger partial charge in [-0.15, -0.1) is 0 Å². The summed E-state index contributed by atoms with van der Waals surface area (Å²) >= 11 is 0. The summed E-state index contributed by atoms with van der Waals surface area (Å²) in [6, 6.07) is 0.826. The highest BCUT2D eigenvalue weighted by molar-refractivity contribution is 5.93. The van der Waals surface area contributed by atoms with Crippen molar-refractivity contribution in [1.82, 2.24) is 5.32 Å². The van der Waals surface area contributed by atoms with E-state index in [1.165, 1.54) is 0 Å². The molecule has 1 amide bonds. The highest BCUT2D eigenvalue weighted by Gasteiger charge is 2.33. The Balaban J connectivity index is 2.13. The smallest absolute Gasteiger partial charge is 0.231 e. The predicted octanol–water partition coefficient (Wildman–Crippen LogP) is 1.28. The zero-order valence-electron chi connectivity index (χ0n) is 10.2. The van der Waals surface area contributed by atoms with Gasteiger partial charge < -0.3 is 15.4 Å². The molecule has 0 aliphatic carbocycles. The number of amides is 1. The minimum Gasteiger partial charge on any atom is -0.379 e. The second-order valence-electron chi connectivity index (χ2n) is 4.27. The van der Waals surface area contributed by atoms with Gasteiger partial charge in [0, 0.05) is 18.2 Å². The second kappa shape index (κ2) is 5.58. The van der Waals surface area contributed by atoms with E-state index in [1.807, 2.05) is 0 Å². The van der Waals surface area contributed by atoms with Gasteiger partial charge in [-0.25, -0.2) is 13.2 Å². The number of anilines is 1. The van der Waals surface area contributed by atoms with Crippen molar-refractivity contribution in [3.05, 3.63) is 29.6 Å². The number of hydrogen-bond acceptors (Lipinski definition) is 3. The molecule has 1 aliphatic heterocycles. The number of carbonyl (C=O) groups excluding carboxylic acids is 1. The summed E-state index contributed by atoms with van der Waals surface area (Å²) in [7, 11) is 1.68. The third-order valence-corrected chi connectivity index (χ3v) is 3.06. The van der Waals surface area contributed by atoms with Crippen molar-refractivity contribution in [3.63, 3.8) is 0 Å². The summed E-state index contributed by atoms with van der Waals surface area (Å²) < 4.78 is 44.3. The van der Waals surface area contributed by atoms with Crippen LogP contribution in [0.3, 0.4) is 0 Å². The van der Waals surface area contributed by atoms with Gasteiger partial charge in [-0.2, -0.15) is 0 Å². The van der Waals surface area contributed by atoms with Gasteiger partial charge in [-0.3, -0.25) is 4.79 Å². The van der Waals surface area contributed by atoms with Gasteiger partial charge in [-0.1, -0.05) is 0 Å². The Morgan fingerprint density at radius 2 is 1.89 bits per heavy atom. The molecule has 4 nitrogen and oxygen atoms in total. The first kappa shape index (κ1) is 13.8. The molecule has 2 atom stereocenters. The largest absolute Gasteiger partial charge is 0.379 e. The van der Waals surface area contributed by atoms with Gasteiger partial charge in [-0.05, 0) is 7.05 Å². The van der Waals surface area contributed by atoms with Gasteiger partial charge in [0.1, 0.15) is 5.82 Å². The van der Waals surface area contributed by atoms with Crippen molar-refractivity contribution < 1.29 is 22.7 Å². The SMILES string of the molecule is CNC1COCC1C(=O)Nc1cc(F)c(F)cc1F. The molecule has 1 aromatic carbocycles. The summed E-state index contributed by atoms with van der Waals surface area (Å²) in [6.45, 7) is 0.567. The molecule has 1 aromatic rings. The van der Waals surface area contributed by atoms with E-state index in [2.05, 4.69) is 10.6 Å². The first-order valence-corrected chi connectivity index (χ1v) is 5.73. The molecule has 0 spiro atoms. The Bertz CT molecular complexity index is 496. The minimum absolute atomic E-state index is 0.187. The molecule has 104 valence electrons. The number of benzene rings is 1. The number of hydrogen-bond donors (Lipinski definition) is 2. The summed E-state index contributed by atoms with van der Waals surface area (Å²) in [5.41, 5.74) is -0.384. The van der Waals surface area contributed by atoms with Crippen LogP contribution in [0.4, 0.5) is 18.9 Å². The molecule has 0 bridgehead atoms. The first-order chi connectivity index (χ1) is 9.02. The Hall–Kier alpha value is -1.60. The minimum atomic E-state index is -1.30. The van der Waals surface area contributed by atoms with Crippen LogP contribution in [0.1, 0.15) is 0 Å². The summed E-state index contributed by atoms with van der Waals surface area (Å²) in [5, 5.41) is 5.15. The van der Waals surface area contributed by atoms with Crippen molar-refractivity contribution >= 4 is 11.6 Å². The number of carbonyl (C=O) groups is 1. The molecule has 1 aliphatic rings. The van der Waals surface area contributed by atoms with E-state index in [-0.39, 0.29) is 18.3 Å². The fourth-order valence-electron chi connectivity index (χ4n) is 1.94. The van der Waals surface area contributed by atoms with Gasteiger partial charge in [0.05, 0.1) is 24.8 Å². The van der Waals surface area contributed by atoms with E-state index >= 15 is 0 Å². The van der Waals surface area contributed by atoms with Gasteiger partial charge in [0.15, 0.2) is 11.6 Å². The van der Waals surface area contributed by atoms with Crippen molar-refractivity contribution in [2.24, 2.45) is 5.92 Å². The van der Waals surface area contributed by atoms with Crippen LogP contribution in [-0.2, 0) is 9.53 Å². The first-order valence-electron chi connectivity index (χ1n) is 5.73. The van der Waals surface area contributed by atoms with E-state index in [0.29, 0.717) is 18.7 Å². The molecule has 0 saturated carbocycles. The van der Waals surface area contributed by atoms with Crippen molar-refractivity contribution in [2.75, 3.05) is 25.6 Å². The van der Waals surface area contributed by atoms with Crippen molar-refractivity contribution in [1.29, 1.82) is 0 Å². The van der Waals surface area contributed by atoms with Gasteiger partial charge in [0.25, 0.3) is 0 Å². The van der Waals surface area contributed by atoms with Crippen LogP contribution in [0.15, 0.2) is 12.1 Å². The normalized spacial score (nSPS) is 22.5. The maximum absolute atomic E-state index is 13.4. The van der Waals surface area contributed by atoms with Crippen LogP contribution in [0.25, 0.3) is 0 Å². The molecule has 1 heterocycles. The fraction of sp³-hybridized carbons (Fsp3) is 0.417. The standard InChI is InChI=1S/C12H13F3N2O2/c1-16-11-5-19-4-6(11)12(18)17-10-3-8(14)7(13)2-9(10)15/h2-3,6,11,16H,4-5H2,1H3,(H,17,18). The number of ether oxygens (including phenoxy) is 1. The maximum atomic E-state index is 13.4. The molecule has 2 N–H and O–H groups in total. The Kier molecular flexibility index (Phi) is 4.06. The molecule has 2 rings (SSSR count). The van der Waals surface area contributed by atoms with Crippen LogP contribution >= 0.6 is 0 Å². The van der Waals surface area contributed by atoms with E-state index in [1.54, 1.807) is 7.05 Å². The zero-order valence-corrected chi connectivity index (χ0v) is 10.2. The number of rotatable bonds is 3. The maximum Gasteiger partial charge on any atom is 0.231 e. The van der Waals surface area contributed by atoms with Crippen LogP contribution in [0, 0.1) is 23.4 Å². The fourth-order valence-corrected chi connectivity index (χ4v) is 1.94. The van der Waals surface area contributed by atoms with Crippen molar-refractivity contribution in [2.45, 2.75) is 6.04 Å². The monoisotopic (exact) mass is 274 g/mol. The summed E-state index contributed by atoms with van der Waals surface area (Å²) in [5.74, 6) is -4.54. The lowest BCUT2D eigenvalue weighted by Gasteiger charge is -2.16. The molecule has 1 saturated heterocycles. The summed E-state index contributed by atoms with van der Waals surface area (Å²) in [4.78, 5) is 11.9. The zero-order chi connectivity index (χ0) is 14.0. The molecule has 1 fully saturated rings. The Morgan fingerprint density at radius 1 is 1.21 bits per heavy atom. The highest BCUT2D eigenvalue weighted by Crippen LogP contribution is 2.21. The molecule has 2 unspecified atom stereocenters. The highest BCUT2D eigenvalue weighted by atomic mass is 19.2. The quantitative estimate of drug-likeness (QED) is 0.816. The lowest BCUT2D eigenvalue weighted by molar-refractivity contribution is -0.120. The predicted molar refractivity (Wildman–Crippen MR) is 62.1 cm³/mol.